The van der Waals surface area contributed by atoms with Crippen LogP contribution in [0.25, 0.3) is 0 Å². The molecule has 0 bridgehead atoms. The van der Waals surface area contributed by atoms with Crippen molar-refractivity contribution in [1.29, 1.82) is 0 Å². The number of ether oxygens (including phenoxy) is 1. The summed E-state index contributed by atoms with van der Waals surface area (Å²) in [6.45, 7) is 4.81. The minimum atomic E-state index is 0.761. The Labute approximate surface area is 121 Å². The summed E-state index contributed by atoms with van der Waals surface area (Å²) >= 11 is 0. The molecular formula is C18H23NO. The molecule has 2 heteroatoms. The van der Waals surface area contributed by atoms with E-state index in [0.29, 0.717) is 0 Å². The van der Waals surface area contributed by atoms with Crippen molar-refractivity contribution in [3.63, 3.8) is 0 Å². The number of hydrogen-bond donors (Lipinski definition) is 1. The van der Waals surface area contributed by atoms with Crippen LogP contribution in [0.3, 0.4) is 0 Å². The van der Waals surface area contributed by atoms with Crippen LogP contribution in [0.2, 0.25) is 0 Å². The quantitative estimate of drug-likeness (QED) is 0.627. The van der Waals surface area contributed by atoms with Crippen LogP contribution in [0.15, 0.2) is 42.5 Å². The minimum absolute atomic E-state index is 0.761. The van der Waals surface area contributed by atoms with Gasteiger partial charge in [-0.25, -0.2) is 0 Å². The van der Waals surface area contributed by atoms with E-state index >= 15 is 0 Å². The highest BCUT2D eigenvalue weighted by atomic mass is 16.5. The summed E-state index contributed by atoms with van der Waals surface area (Å²) in [5.74, 6) is 0.955. The lowest BCUT2D eigenvalue weighted by atomic mass is 10.1. The third-order valence-electron chi connectivity index (χ3n) is 3.52. The van der Waals surface area contributed by atoms with Crippen LogP contribution in [-0.4, -0.2) is 6.61 Å². The van der Waals surface area contributed by atoms with E-state index in [1.807, 2.05) is 26.0 Å². The maximum Gasteiger partial charge on any atom is 0.122 e. The van der Waals surface area contributed by atoms with E-state index in [2.05, 4.69) is 30.3 Å². The van der Waals surface area contributed by atoms with E-state index in [0.717, 1.165) is 48.4 Å². The number of aryl methyl sites for hydroxylation is 3. The van der Waals surface area contributed by atoms with Gasteiger partial charge < -0.3 is 10.5 Å². The molecule has 0 unspecified atom stereocenters. The number of unbranched alkanes of at least 4 members (excludes halogenated alkanes) is 1. The molecule has 2 nitrogen and oxygen atoms in total. The van der Waals surface area contributed by atoms with Crippen LogP contribution in [0.5, 0.6) is 5.75 Å². The van der Waals surface area contributed by atoms with Gasteiger partial charge in [0.2, 0.25) is 0 Å². The van der Waals surface area contributed by atoms with Gasteiger partial charge in [0.05, 0.1) is 6.61 Å². The molecule has 0 spiro atoms. The summed E-state index contributed by atoms with van der Waals surface area (Å²) in [7, 11) is 0. The molecule has 2 aromatic rings. The standard InChI is InChI=1S/C18H23NO/c1-14-13-18(15(2)12-17(14)19)20-11-7-6-10-16-8-4-3-5-9-16/h3-5,8-9,12-13H,6-7,10-11,19H2,1-2H3. The third-order valence-corrected chi connectivity index (χ3v) is 3.52. The Hall–Kier alpha value is -1.96. The van der Waals surface area contributed by atoms with Crippen LogP contribution in [0.1, 0.15) is 29.5 Å². The average molecular weight is 269 g/mol. The molecule has 0 atom stereocenters. The molecule has 106 valence electrons. The second-order valence-corrected chi connectivity index (χ2v) is 5.27. The fourth-order valence-electron chi connectivity index (χ4n) is 2.23. The third kappa shape index (κ3) is 4.02. The fourth-order valence-corrected chi connectivity index (χ4v) is 2.23. The summed E-state index contributed by atoms with van der Waals surface area (Å²) < 4.78 is 5.85. The first kappa shape index (κ1) is 14.4. The topological polar surface area (TPSA) is 35.2 Å². The van der Waals surface area contributed by atoms with Crippen LogP contribution in [0, 0.1) is 13.8 Å². The molecule has 0 aliphatic rings. The predicted molar refractivity (Wildman–Crippen MR) is 85.2 cm³/mol. The molecule has 0 aromatic heterocycles. The van der Waals surface area contributed by atoms with Crippen molar-refractivity contribution in [1.82, 2.24) is 0 Å². The molecule has 0 aliphatic carbocycles. The molecule has 2 rings (SSSR count). The highest BCUT2D eigenvalue weighted by molar-refractivity contribution is 5.53. The van der Waals surface area contributed by atoms with Crippen LogP contribution in [0.4, 0.5) is 5.69 Å². The van der Waals surface area contributed by atoms with Crippen LogP contribution >= 0.6 is 0 Å². The van der Waals surface area contributed by atoms with E-state index < -0.39 is 0 Å². The van der Waals surface area contributed by atoms with E-state index in [1.165, 1.54) is 5.56 Å². The second kappa shape index (κ2) is 6.99. The Balaban J connectivity index is 1.75. The molecule has 2 aromatic carbocycles. The van der Waals surface area contributed by atoms with Gasteiger partial charge in [-0.3, -0.25) is 0 Å². The SMILES string of the molecule is Cc1cc(OCCCCc2ccccc2)c(C)cc1N. The van der Waals surface area contributed by atoms with Crippen molar-refractivity contribution in [3.8, 4) is 5.75 Å². The first-order chi connectivity index (χ1) is 9.66. The van der Waals surface area contributed by atoms with Gasteiger partial charge in [-0.05, 0) is 61.9 Å². The zero-order chi connectivity index (χ0) is 14.4. The molecule has 0 saturated heterocycles. The molecule has 0 saturated carbocycles. The number of nitrogen functional groups attached to an aromatic ring is 1. The normalized spacial score (nSPS) is 10.5. The molecule has 0 fully saturated rings. The molecular weight excluding hydrogens is 246 g/mol. The number of rotatable bonds is 6. The van der Waals surface area contributed by atoms with Gasteiger partial charge in [-0.1, -0.05) is 30.3 Å². The van der Waals surface area contributed by atoms with Crippen molar-refractivity contribution in [3.05, 3.63) is 59.2 Å². The molecule has 0 amide bonds. The van der Waals surface area contributed by atoms with Crippen LogP contribution < -0.4 is 10.5 Å². The van der Waals surface area contributed by atoms with E-state index in [4.69, 9.17) is 10.5 Å². The molecule has 2 N–H and O–H groups in total. The van der Waals surface area contributed by atoms with Gasteiger partial charge in [-0.2, -0.15) is 0 Å². The molecule has 0 radical (unpaired) electrons. The number of nitrogens with two attached hydrogens (primary N) is 1. The van der Waals surface area contributed by atoms with Gasteiger partial charge in [0.1, 0.15) is 5.75 Å². The molecule has 0 heterocycles. The second-order valence-electron chi connectivity index (χ2n) is 5.27. The summed E-state index contributed by atoms with van der Waals surface area (Å²) in [6, 6.07) is 14.6. The van der Waals surface area contributed by atoms with Crippen LogP contribution in [-0.2, 0) is 6.42 Å². The van der Waals surface area contributed by atoms with Crippen molar-refractivity contribution in [2.24, 2.45) is 0 Å². The zero-order valence-corrected chi connectivity index (χ0v) is 12.4. The lowest BCUT2D eigenvalue weighted by molar-refractivity contribution is 0.305. The van der Waals surface area contributed by atoms with E-state index in [9.17, 15) is 0 Å². The van der Waals surface area contributed by atoms with Gasteiger partial charge in [0, 0.05) is 5.69 Å². The Morgan fingerprint density at radius 3 is 2.45 bits per heavy atom. The van der Waals surface area contributed by atoms with Gasteiger partial charge in [0.25, 0.3) is 0 Å². The highest BCUT2D eigenvalue weighted by Gasteiger charge is 2.03. The van der Waals surface area contributed by atoms with E-state index in [1.54, 1.807) is 0 Å². The van der Waals surface area contributed by atoms with Crippen molar-refractivity contribution in [2.45, 2.75) is 33.1 Å². The lowest BCUT2D eigenvalue weighted by Crippen LogP contribution is -2.01. The van der Waals surface area contributed by atoms with Crippen molar-refractivity contribution < 1.29 is 4.74 Å². The minimum Gasteiger partial charge on any atom is -0.493 e. The lowest BCUT2D eigenvalue weighted by Gasteiger charge is -2.11. The van der Waals surface area contributed by atoms with Gasteiger partial charge >= 0.3 is 0 Å². The first-order valence-electron chi connectivity index (χ1n) is 7.20. The van der Waals surface area contributed by atoms with Crippen molar-refractivity contribution in [2.75, 3.05) is 12.3 Å². The Morgan fingerprint density at radius 2 is 1.70 bits per heavy atom. The number of anilines is 1. The predicted octanol–water partition coefficient (Wildman–Crippen LogP) is 4.29. The summed E-state index contributed by atoms with van der Waals surface area (Å²) in [5, 5.41) is 0. The number of benzene rings is 2. The average Bonchev–Trinajstić information content (AvgIpc) is 2.45. The zero-order valence-electron chi connectivity index (χ0n) is 12.4. The fraction of sp³-hybridized carbons (Fsp3) is 0.333. The Kier molecular flexibility index (Phi) is 5.05. The largest absolute Gasteiger partial charge is 0.493 e. The van der Waals surface area contributed by atoms with E-state index in [-0.39, 0.29) is 0 Å². The highest BCUT2D eigenvalue weighted by Crippen LogP contribution is 2.24. The van der Waals surface area contributed by atoms with Crippen molar-refractivity contribution >= 4 is 5.69 Å². The monoisotopic (exact) mass is 269 g/mol. The number of hydrogen-bond acceptors (Lipinski definition) is 2. The first-order valence-corrected chi connectivity index (χ1v) is 7.20. The summed E-state index contributed by atoms with van der Waals surface area (Å²) in [6.07, 6.45) is 3.33. The molecule has 20 heavy (non-hydrogen) atoms. The summed E-state index contributed by atoms with van der Waals surface area (Å²) in [5.41, 5.74) is 10.3. The van der Waals surface area contributed by atoms with Gasteiger partial charge in [0.15, 0.2) is 0 Å². The maximum atomic E-state index is 5.87. The smallest absolute Gasteiger partial charge is 0.122 e. The maximum absolute atomic E-state index is 5.87. The Bertz CT molecular complexity index is 549. The summed E-state index contributed by atoms with van der Waals surface area (Å²) in [4.78, 5) is 0. The van der Waals surface area contributed by atoms with Gasteiger partial charge in [-0.15, -0.1) is 0 Å². The Morgan fingerprint density at radius 1 is 0.950 bits per heavy atom. The molecule has 0 aliphatic heterocycles.